The van der Waals surface area contributed by atoms with Gasteiger partial charge >= 0.3 is 0 Å². The predicted octanol–water partition coefficient (Wildman–Crippen LogP) is 4.09. The first kappa shape index (κ1) is 14.7. The van der Waals surface area contributed by atoms with E-state index in [9.17, 15) is 10.1 Å². The number of pyridine rings is 1. The molecule has 5 nitrogen and oxygen atoms in total. The van der Waals surface area contributed by atoms with Gasteiger partial charge in [-0.25, -0.2) is 0 Å². The molecule has 0 N–H and O–H groups in total. The van der Waals surface area contributed by atoms with Gasteiger partial charge in [-0.05, 0) is 37.5 Å². The lowest BCUT2D eigenvalue weighted by Gasteiger charge is -2.08. The van der Waals surface area contributed by atoms with Crippen LogP contribution in [0.25, 0.3) is 10.9 Å². The van der Waals surface area contributed by atoms with Crippen LogP contribution in [0.15, 0.2) is 30.5 Å². The van der Waals surface area contributed by atoms with E-state index in [2.05, 4.69) is 20.9 Å². The molecule has 2 aromatic rings. The normalized spacial score (nSPS) is 10.7. The number of hydrogen-bond acceptors (Lipinski definition) is 4. The minimum Gasteiger partial charge on any atom is -0.491 e. The zero-order valence-electron chi connectivity index (χ0n) is 10.9. The standard InChI is InChI=1S/C14H15BrN2O3/c15-8-2-1-3-10-20-13-7-6-12(17(18)19)11-5-4-9-16-14(11)13/h4-7,9H,1-3,8,10H2. The number of rotatable bonds is 7. The summed E-state index contributed by atoms with van der Waals surface area (Å²) in [4.78, 5) is 14.8. The smallest absolute Gasteiger partial charge is 0.279 e. The molecule has 0 saturated carbocycles. The number of halogens is 1. The SMILES string of the molecule is O=[N+]([O-])c1ccc(OCCCCCBr)c2ncccc12. The van der Waals surface area contributed by atoms with Gasteiger partial charge in [0.05, 0.1) is 16.9 Å². The third-order valence-electron chi connectivity index (χ3n) is 2.94. The van der Waals surface area contributed by atoms with E-state index in [4.69, 9.17) is 4.74 Å². The van der Waals surface area contributed by atoms with Gasteiger partial charge in [0, 0.05) is 17.6 Å². The van der Waals surface area contributed by atoms with Gasteiger partial charge in [0.25, 0.3) is 5.69 Å². The van der Waals surface area contributed by atoms with E-state index in [0.717, 1.165) is 24.6 Å². The summed E-state index contributed by atoms with van der Waals surface area (Å²) in [6.07, 6.45) is 4.77. The van der Waals surface area contributed by atoms with Gasteiger partial charge in [0.15, 0.2) is 0 Å². The Morgan fingerprint density at radius 2 is 2.10 bits per heavy atom. The summed E-state index contributed by atoms with van der Waals surface area (Å²) in [6.45, 7) is 0.594. The number of unbranched alkanes of at least 4 members (excludes halogenated alkanes) is 2. The lowest BCUT2D eigenvalue weighted by Crippen LogP contribution is -2.00. The van der Waals surface area contributed by atoms with E-state index in [1.807, 2.05) is 0 Å². The monoisotopic (exact) mass is 338 g/mol. The number of aromatic nitrogens is 1. The highest BCUT2D eigenvalue weighted by Crippen LogP contribution is 2.31. The number of ether oxygens (including phenoxy) is 1. The molecule has 0 aliphatic rings. The number of nitrogens with zero attached hydrogens (tertiary/aromatic N) is 2. The Morgan fingerprint density at radius 1 is 1.25 bits per heavy atom. The van der Waals surface area contributed by atoms with Crippen molar-refractivity contribution in [2.75, 3.05) is 11.9 Å². The van der Waals surface area contributed by atoms with Crippen LogP contribution in [0.4, 0.5) is 5.69 Å². The van der Waals surface area contributed by atoms with Crippen LogP contribution >= 0.6 is 15.9 Å². The Bertz CT molecular complexity index is 604. The number of nitro groups is 1. The van der Waals surface area contributed by atoms with Gasteiger partial charge in [-0.3, -0.25) is 15.1 Å². The third kappa shape index (κ3) is 3.45. The largest absolute Gasteiger partial charge is 0.491 e. The Kier molecular flexibility index (Phi) is 5.29. The topological polar surface area (TPSA) is 65.3 Å². The van der Waals surface area contributed by atoms with Crippen molar-refractivity contribution in [1.29, 1.82) is 0 Å². The van der Waals surface area contributed by atoms with Gasteiger partial charge in [-0.15, -0.1) is 0 Å². The molecule has 106 valence electrons. The second-order valence-electron chi connectivity index (χ2n) is 4.34. The second kappa shape index (κ2) is 7.19. The third-order valence-corrected chi connectivity index (χ3v) is 3.50. The van der Waals surface area contributed by atoms with Crippen LogP contribution < -0.4 is 4.74 Å². The Labute approximate surface area is 125 Å². The van der Waals surface area contributed by atoms with Crippen LogP contribution in [-0.2, 0) is 0 Å². The second-order valence-corrected chi connectivity index (χ2v) is 5.13. The molecule has 0 aliphatic heterocycles. The van der Waals surface area contributed by atoms with E-state index in [0.29, 0.717) is 23.3 Å². The number of hydrogen-bond donors (Lipinski definition) is 0. The highest BCUT2D eigenvalue weighted by atomic mass is 79.9. The van der Waals surface area contributed by atoms with Crippen LogP contribution in [0.5, 0.6) is 5.75 Å². The Hall–Kier alpha value is -1.69. The molecule has 1 aromatic heterocycles. The molecule has 0 fully saturated rings. The Balaban J connectivity index is 2.18. The van der Waals surface area contributed by atoms with Gasteiger partial charge in [-0.1, -0.05) is 15.9 Å². The minimum absolute atomic E-state index is 0.0553. The van der Waals surface area contributed by atoms with Gasteiger partial charge in [0.1, 0.15) is 11.3 Å². The summed E-state index contributed by atoms with van der Waals surface area (Å²) >= 11 is 3.39. The van der Waals surface area contributed by atoms with Crippen LogP contribution in [0.3, 0.4) is 0 Å². The summed E-state index contributed by atoms with van der Waals surface area (Å²) in [5, 5.41) is 12.5. The quantitative estimate of drug-likeness (QED) is 0.330. The zero-order chi connectivity index (χ0) is 14.4. The van der Waals surface area contributed by atoms with Crippen molar-refractivity contribution in [2.45, 2.75) is 19.3 Å². The van der Waals surface area contributed by atoms with Crippen LogP contribution in [0.1, 0.15) is 19.3 Å². The first-order valence-electron chi connectivity index (χ1n) is 6.45. The van der Waals surface area contributed by atoms with Crippen LogP contribution in [0.2, 0.25) is 0 Å². The summed E-state index contributed by atoms with van der Waals surface area (Å²) in [5.41, 5.74) is 0.599. The fraction of sp³-hybridized carbons (Fsp3) is 0.357. The summed E-state index contributed by atoms with van der Waals surface area (Å²) in [6, 6.07) is 6.48. The van der Waals surface area contributed by atoms with E-state index < -0.39 is 4.92 Å². The fourth-order valence-electron chi connectivity index (χ4n) is 1.96. The molecular formula is C14H15BrN2O3. The molecule has 0 atom stereocenters. The van der Waals surface area contributed by atoms with Gasteiger partial charge in [0.2, 0.25) is 0 Å². The number of nitro benzene ring substituents is 1. The average molecular weight is 339 g/mol. The molecule has 0 amide bonds. The maximum atomic E-state index is 11.0. The highest BCUT2D eigenvalue weighted by molar-refractivity contribution is 9.09. The van der Waals surface area contributed by atoms with Crippen LogP contribution in [-0.4, -0.2) is 21.8 Å². The fourth-order valence-corrected chi connectivity index (χ4v) is 2.36. The number of fused-ring (bicyclic) bond motifs is 1. The van der Waals surface area contributed by atoms with E-state index in [1.165, 1.54) is 6.07 Å². The van der Waals surface area contributed by atoms with Crippen molar-refractivity contribution >= 4 is 32.5 Å². The molecule has 1 aromatic carbocycles. The molecule has 2 rings (SSSR count). The maximum absolute atomic E-state index is 11.0. The molecule has 1 heterocycles. The summed E-state index contributed by atoms with van der Waals surface area (Å²) in [5.74, 6) is 0.602. The minimum atomic E-state index is -0.399. The maximum Gasteiger partial charge on any atom is 0.279 e. The summed E-state index contributed by atoms with van der Waals surface area (Å²) in [7, 11) is 0. The molecule has 0 saturated heterocycles. The molecule has 20 heavy (non-hydrogen) atoms. The molecule has 0 bridgehead atoms. The molecule has 0 radical (unpaired) electrons. The van der Waals surface area contributed by atoms with E-state index in [-0.39, 0.29) is 5.69 Å². The van der Waals surface area contributed by atoms with Crippen molar-refractivity contribution in [2.24, 2.45) is 0 Å². The lowest BCUT2D eigenvalue weighted by atomic mass is 10.1. The molecule has 0 aliphatic carbocycles. The predicted molar refractivity (Wildman–Crippen MR) is 81.5 cm³/mol. The Morgan fingerprint density at radius 3 is 2.85 bits per heavy atom. The molecular weight excluding hydrogens is 324 g/mol. The molecule has 6 heteroatoms. The zero-order valence-corrected chi connectivity index (χ0v) is 12.5. The molecule has 0 spiro atoms. The number of non-ortho nitro benzene ring substituents is 1. The van der Waals surface area contributed by atoms with Crippen LogP contribution in [0, 0.1) is 10.1 Å². The van der Waals surface area contributed by atoms with E-state index >= 15 is 0 Å². The van der Waals surface area contributed by atoms with Gasteiger partial charge < -0.3 is 4.74 Å². The first-order chi connectivity index (χ1) is 9.74. The van der Waals surface area contributed by atoms with Crippen molar-refractivity contribution in [3.63, 3.8) is 0 Å². The van der Waals surface area contributed by atoms with Crippen molar-refractivity contribution < 1.29 is 9.66 Å². The highest BCUT2D eigenvalue weighted by Gasteiger charge is 2.15. The number of benzene rings is 1. The van der Waals surface area contributed by atoms with E-state index in [1.54, 1.807) is 24.4 Å². The van der Waals surface area contributed by atoms with Gasteiger partial charge in [-0.2, -0.15) is 0 Å². The number of alkyl halides is 1. The lowest BCUT2D eigenvalue weighted by molar-refractivity contribution is -0.383. The first-order valence-corrected chi connectivity index (χ1v) is 7.57. The van der Waals surface area contributed by atoms with Crippen molar-refractivity contribution in [1.82, 2.24) is 4.98 Å². The van der Waals surface area contributed by atoms with Crippen molar-refractivity contribution in [3.05, 3.63) is 40.6 Å². The van der Waals surface area contributed by atoms with Crippen molar-refractivity contribution in [3.8, 4) is 5.75 Å². The average Bonchev–Trinajstić information content (AvgIpc) is 2.46. The summed E-state index contributed by atoms with van der Waals surface area (Å²) < 4.78 is 5.70. The molecule has 0 unspecified atom stereocenters.